The van der Waals surface area contributed by atoms with Crippen LogP contribution in [0.2, 0.25) is 0 Å². The maximum absolute atomic E-state index is 2.48. The maximum Gasteiger partial charge on any atom is 0.0641 e. The molecule has 0 N–H and O–H groups in total. The lowest BCUT2D eigenvalue weighted by molar-refractivity contribution is 1.17. The first-order chi connectivity index (χ1) is 25.3. The zero-order chi connectivity index (χ0) is 33.5. The minimum Gasteiger partial charge on any atom is -0.309 e. The molecule has 0 saturated carbocycles. The highest BCUT2D eigenvalue weighted by Gasteiger charge is 2.21. The van der Waals surface area contributed by atoms with Gasteiger partial charge in [0.15, 0.2) is 0 Å². The first kappa shape index (κ1) is 28.4. The summed E-state index contributed by atoms with van der Waals surface area (Å²) in [4.78, 5) is 0. The summed E-state index contributed by atoms with van der Waals surface area (Å²) in [7, 11) is 0. The minimum atomic E-state index is 1.15. The fourth-order valence-electron chi connectivity index (χ4n) is 8.25. The first-order valence-corrected chi connectivity index (χ1v) is 18.3. The van der Waals surface area contributed by atoms with E-state index in [0.29, 0.717) is 0 Å². The van der Waals surface area contributed by atoms with E-state index >= 15 is 0 Å². The lowest BCUT2D eigenvalue weighted by Crippen LogP contribution is -1.95. The van der Waals surface area contributed by atoms with Crippen LogP contribution in [0.3, 0.4) is 0 Å². The Labute approximate surface area is 298 Å². The van der Waals surface area contributed by atoms with Crippen molar-refractivity contribution >= 4 is 75.1 Å². The molecule has 8 aromatic carbocycles. The summed E-state index contributed by atoms with van der Waals surface area (Å²) in [5, 5.41) is 7.69. The van der Waals surface area contributed by atoms with Crippen molar-refractivity contribution < 1.29 is 0 Å². The highest BCUT2D eigenvalue weighted by molar-refractivity contribution is 7.26. The van der Waals surface area contributed by atoms with Gasteiger partial charge in [-0.15, -0.1) is 11.3 Å². The number of aromatic nitrogens is 2. The van der Waals surface area contributed by atoms with Gasteiger partial charge in [0.25, 0.3) is 0 Å². The van der Waals surface area contributed by atoms with E-state index in [1.807, 2.05) is 11.3 Å². The van der Waals surface area contributed by atoms with Crippen LogP contribution in [0.1, 0.15) is 0 Å². The zero-order valence-corrected chi connectivity index (χ0v) is 28.4. The molecule has 0 aliphatic carbocycles. The van der Waals surface area contributed by atoms with Crippen LogP contribution < -0.4 is 0 Å². The van der Waals surface area contributed by atoms with Crippen LogP contribution in [0.15, 0.2) is 182 Å². The van der Waals surface area contributed by atoms with Crippen LogP contribution in [-0.2, 0) is 0 Å². The molecule has 0 radical (unpaired) electrons. The molecule has 0 fully saturated rings. The monoisotopic (exact) mass is 666 g/mol. The largest absolute Gasteiger partial charge is 0.309 e. The molecule has 0 amide bonds. The number of benzene rings is 8. The Morgan fingerprint density at radius 3 is 1.86 bits per heavy atom. The number of nitrogens with zero attached hydrogens (tertiary/aromatic N) is 2. The Hall–Kier alpha value is -6.42. The van der Waals surface area contributed by atoms with E-state index in [0.717, 1.165) is 11.4 Å². The van der Waals surface area contributed by atoms with Crippen LogP contribution in [0, 0.1) is 0 Å². The van der Waals surface area contributed by atoms with E-state index in [-0.39, 0.29) is 0 Å². The van der Waals surface area contributed by atoms with E-state index < -0.39 is 0 Å². The molecule has 0 unspecified atom stereocenters. The predicted molar refractivity (Wildman–Crippen MR) is 219 cm³/mol. The summed E-state index contributed by atoms with van der Waals surface area (Å²) < 4.78 is 7.59. The third-order valence-corrected chi connectivity index (χ3v) is 11.7. The molecule has 11 rings (SSSR count). The smallest absolute Gasteiger partial charge is 0.0641 e. The molecule has 3 heterocycles. The van der Waals surface area contributed by atoms with Gasteiger partial charge in [-0.3, -0.25) is 0 Å². The van der Waals surface area contributed by atoms with Crippen molar-refractivity contribution in [3.8, 4) is 33.6 Å². The zero-order valence-electron chi connectivity index (χ0n) is 27.6. The van der Waals surface area contributed by atoms with Crippen molar-refractivity contribution in [2.45, 2.75) is 0 Å². The second-order valence-corrected chi connectivity index (χ2v) is 14.4. The van der Waals surface area contributed by atoms with E-state index in [2.05, 4.69) is 191 Å². The van der Waals surface area contributed by atoms with Crippen molar-refractivity contribution in [2.75, 3.05) is 0 Å². The third-order valence-electron chi connectivity index (χ3n) is 10.5. The van der Waals surface area contributed by atoms with Crippen molar-refractivity contribution in [3.63, 3.8) is 0 Å². The Balaban J connectivity index is 1.16. The van der Waals surface area contributed by atoms with Gasteiger partial charge in [-0.05, 0) is 70.8 Å². The van der Waals surface area contributed by atoms with E-state index in [4.69, 9.17) is 0 Å². The topological polar surface area (TPSA) is 9.86 Å². The third kappa shape index (κ3) is 4.22. The number of thiophene rings is 1. The highest BCUT2D eigenvalue weighted by Crippen LogP contribution is 2.44. The fraction of sp³-hybridized carbons (Fsp3) is 0. The molecule has 0 bridgehead atoms. The first-order valence-electron chi connectivity index (χ1n) is 17.4. The molecule has 0 atom stereocenters. The summed E-state index contributed by atoms with van der Waals surface area (Å²) >= 11 is 1.88. The SMILES string of the molecule is c1ccc(-c2ccc3c4ccc5c(c6ccccc6n5-c5ccc(-c6cccc7c6sc6ccccc67)cc5)c4n(-c4ccccc4)c3c2)cc1. The van der Waals surface area contributed by atoms with Gasteiger partial charge in [-0.1, -0.05) is 133 Å². The average Bonchev–Trinajstić information content (AvgIpc) is 3.86. The summed E-state index contributed by atoms with van der Waals surface area (Å²) in [6.07, 6.45) is 0. The number of hydrogen-bond donors (Lipinski definition) is 0. The summed E-state index contributed by atoms with van der Waals surface area (Å²) in [6, 6.07) is 66.5. The predicted octanol–water partition coefficient (Wildman–Crippen LogP) is 13.6. The average molecular weight is 667 g/mol. The minimum absolute atomic E-state index is 1.15. The highest BCUT2D eigenvalue weighted by atomic mass is 32.1. The van der Waals surface area contributed by atoms with Gasteiger partial charge in [0, 0.05) is 53.1 Å². The molecule has 3 heteroatoms. The summed E-state index contributed by atoms with van der Waals surface area (Å²) in [5.74, 6) is 0. The number of rotatable bonds is 4. The van der Waals surface area contributed by atoms with Crippen LogP contribution in [0.5, 0.6) is 0 Å². The van der Waals surface area contributed by atoms with E-state index in [1.54, 1.807) is 0 Å². The normalized spacial score (nSPS) is 11.9. The second-order valence-electron chi connectivity index (χ2n) is 13.3. The quantitative estimate of drug-likeness (QED) is 0.177. The van der Waals surface area contributed by atoms with Crippen molar-refractivity contribution in [2.24, 2.45) is 0 Å². The van der Waals surface area contributed by atoms with Crippen molar-refractivity contribution in [1.82, 2.24) is 9.13 Å². The Morgan fingerprint density at radius 1 is 0.353 bits per heavy atom. The molecular formula is C48H30N2S. The van der Waals surface area contributed by atoms with Gasteiger partial charge in [-0.2, -0.15) is 0 Å². The van der Waals surface area contributed by atoms with Gasteiger partial charge >= 0.3 is 0 Å². The van der Waals surface area contributed by atoms with Gasteiger partial charge in [0.05, 0.1) is 22.1 Å². The van der Waals surface area contributed by atoms with Crippen LogP contribution in [-0.4, -0.2) is 9.13 Å². The van der Waals surface area contributed by atoms with Gasteiger partial charge in [0.1, 0.15) is 0 Å². The lowest BCUT2D eigenvalue weighted by Gasteiger charge is -2.11. The molecule has 2 nitrogen and oxygen atoms in total. The second kappa shape index (κ2) is 11.0. The summed E-state index contributed by atoms with van der Waals surface area (Å²) in [6.45, 7) is 0. The molecule has 3 aromatic heterocycles. The maximum atomic E-state index is 2.48. The van der Waals surface area contributed by atoms with Crippen molar-refractivity contribution in [1.29, 1.82) is 0 Å². The Kier molecular flexibility index (Phi) is 6.16. The molecule has 0 spiro atoms. The van der Waals surface area contributed by atoms with Crippen LogP contribution in [0.4, 0.5) is 0 Å². The van der Waals surface area contributed by atoms with Crippen LogP contribution in [0.25, 0.3) is 97.4 Å². The molecule has 51 heavy (non-hydrogen) atoms. The molecule has 11 aromatic rings. The van der Waals surface area contributed by atoms with E-state index in [9.17, 15) is 0 Å². The number of fused-ring (bicyclic) bond motifs is 10. The Bertz CT molecular complexity index is 3110. The van der Waals surface area contributed by atoms with Gasteiger partial charge in [-0.25, -0.2) is 0 Å². The Morgan fingerprint density at radius 2 is 1.02 bits per heavy atom. The van der Waals surface area contributed by atoms with E-state index in [1.165, 1.54) is 86.0 Å². The molecule has 238 valence electrons. The number of hydrogen-bond acceptors (Lipinski definition) is 1. The lowest BCUT2D eigenvalue weighted by atomic mass is 10.0. The molecule has 0 aliphatic heterocycles. The fourth-order valence-corrected chi connectivity index (χ4v) is 9.49. The van der Waals surface area contributed by atoms with Crippen molar-refractivity contribution in [3.05, 3.63) is 182 Å². The summed E-state index contributed by atoms with van der Waals surface area (Å²) in [5.41, 5.74) is 12.1. The van der Waals surface area contributed by atoms with Crippen LogP contribution >= 0.6 is 11.3 Å². The van der Waals surface area contributed by atoms with Gasteiger partial charge < -0.3 is 9.13 Å². The molecule has 0 saturated heterocycles. The number of para-hydroxylation sites is 2. The van der Waals surface area contributed by atoms with Gasteiger partial charge in [0.2, 0.25) is 0 Å². The molecular weight excluding hydrogens is 637 g/mol. The standard InChI is InChI=1S/C48H30N2S/c1-3-12-31(13-4-1)33-24-27-37-39-28-29-43-46(47(39)50(44(37)30-33)34-14-5-2-6-15-34)41-17-7-9-20-42(41)49(43)35-25-22-32(23-26-35)36-18-11-19-40-38-16-8-10-21-45(38)51-48(36)40/h1-30H. The molecule has 0 aliphatic rings.